The van der Waals surface area contributed by atoms with Crippen LogP contribution < -0.4 is 11.1 Å². The van der Waals surface area contributed by atoms with Gasteiger partial charge in [0.05, 0.1) is 23.3 Å². The van der Waals surface area contributed by atoms with Crippen molar-refractivity contribution >= 4 is 11.8 Å². The van der Waals surface area contributed by atoms with E-state index in [-0.39, 0.29) is 6.42 Å². The first-order chi connectivity index (χ1) is 11.5. The molecule has 0 saturated heterocycles. The number of nitriles is 2. The molecule has 0 unspecified atom stereocenters. The lowest BCUT2D eigenvalue weighted by Crippen LogP contribution is -2.46. The molecule has 24 heavy (non-hydrogen) atoms. The number of hydrogen-bond acceptors (Lipinski definition) is 4. The summed E-state index contributed by atoms with van der Waals surface area (Å²) in [7, 11) is 0. The van der Waals surface area contributed by atoms with Crippen LogP contribution in [-0.4, -0.2) is 17.9 Å². The van der Waals surface area contributed by atoms with Gasteiger partial charge in [-0.15, -0.1) is 0 Å². The standard InChI is InChI=1S/C18H14N4O2/c19-10-12-5-7-13(8-6-12)18(24)22-16(17(21)23)9-14-3-1-2-4-15(14)11-20/h1-8,16H,9H2,(H2,21,23)(H,22,24)/t16-/m0/s1. The Morgan fingerprint density at radius 2 is 1.71 bits per heavy atom. The molecule has 0 bridgehead atoms. The van der Waals surface area contributed by atoms with Crippen molar-refractivity contribution < 1.29 is 9.59 Å². The van der Waals surface area contributed by atoms with Gasteiger partial charge in [-0.25, -0.2) is 0 Å². The molecule has 0 spiro atoms. The van der Waals surface area contributed by atoms with Gasteiger partial charge in [0.25, 0.3) is 5.91 Å². The summed E-state index contributed by atoms with van der Waals surface area (Å²) in [5, 5.41) is 20.4. The molecule has 0 heterocycles. The molecular formula is C18H14N4O2. The van der Waals surface area contributed by atoms with Crippen molar-refractivity contribution in [1.82, 2.24) is 5.32 Å². The van der Waals surface area contributed by atoms with Gasteiger partial charge in [0.1, 0.15) is 6.04 Å². The molecule has 0 radical (unpaired) electrons. The van der Waals surface area contributed by atoms with Crippen molar-refractivity contribution in [2.45, 2.75) is 12.5 Å². The summed E-state index contributed by atoms with van der Waals surface area (Å²) < 4.78 is 0. The van der Waals surface area contributed by atoms with E-state index in [1.807, 2.05) is 12.1 Å². The van der Waals surface area contributed by atoms with Crippen molar-refractivity contribution in [2.24, 2.45) is 5.73 Å². The highest BCUT2D eigenvalue weighted by atomic mass is 16.2. The van der Waals surface area contributed by atoms with E-state index in [2.05, 4.69) is 5.32 Å². The Kier molecular flexibility index (Phi) is 5.28. The second kappa shape index (κ2) is 7.57. The fraction of sp³-hybridized carbons (Fsp3) is 0.111. The molecule has 2 aromatic carbocycles. The van der Waals surface area contributed by atoms with Gasteiger partial charge >= 0.3 is 0 Å². The topological polar surface area (TPSA) is 120 Å². The zero-order valence-electron chi connectivity index (χ0n) is 12.7. The zero-order valence-corrected chi connectivity index (χ0v) is 12.7. The largest absolute Gasteiger partial charge is 0.368 e. The molecule has 0 fully saturated rings. The Hall–Kier alpha value is -3.64. The molecule has 0 aromatic heterocycles. The van der Waals surface area contributed by atoms with Gasteiger partial charge in [0.2, 0.25) is 5.91 Å². The smallest absolute Gasteiger partial charge is 0.251 e. The van der Waals surface area contributed by atoms with Crippen molar-refractivity contribution in [2.75, 3.05) is 0 Å². The minimum Gasteiger partial charge on any atom is -0.368 e. The summed E-state index contributed by atoms with van der Waals surface area (Å²) in [5.74, 6) is -1.16. The quantitative estimate of drug-likeness (QED) is 0.862. The maximum Gasteiger partial charge on any atom is 0.251 e. The Morgan fingerprint density at radius 1 is 1.04 bits per heavy atom. The lowest BCUT2D eigenvalue weighted by atomic mass is 10.00. The van der Waals surface area contributed by atoms with Gasteiger partial charge in [-0.2, -0.15) is 10.5 Å². The number of primary amides is 1. The van der Waals surface area contributed by atoms with E-state index >= 15 is 0 Å². The lowest BCUT2D eigenvalue weighted by Gasteiger charge is -2.16. The third-order valence-corrected chi connectivity index (χ3v) is 3.49. The molecule has 2 aromatic rings. The molecule has 2 amide bonds. The summed E-state index contributed by atoms with van der Waals surface area (Å²) in [6.45, 7) is 0. The number of benzene rings is 2. The van der Waals surface area contributed by atoms with Crippen LogP contribution in [0.3, 0.4) is 0 Å². The number of amides is 2. The third-order valence-electron chi connectivity index (χ3n) is 3.49. The summed E-state index contributed by atoms with van der Waals surface area (Å²) in [4.78, 5) is 23.9. The van der Waals surface area contributed by atoms with E-state index < -0.39 is 17.9 Å². The monoisotopic (exact) mass is 318 g/mol. The highest BCUT2D eigenvalue weighted by molar-refractivity contribution is 5.97. The molecule has 0 aliphatic carbocycles. The average molecular weight is 318 g/mol. The van der Waals surface area contributed by atoms with Crippen LogP contribution in [0.25, 0.3) is 0 Å². The number of carbonyl (C=O) groups excluding carboxylic acids is 2. The molecule has 2 rings (SSSR count). The maximum absolute atomic E-state index is 12.2. The van der Waals surface area contributed by atoms with Crippen LogP contribution in [0.4, 0.5) is 0 Å². The summed E-state index contributed by atoms with van der Waals surface area (Å²) in [6, 6.07) is 15.9. The number of nitrogens with one attached hydrogen (secondary N) is 1. The van der Waals surface area contributed by atoms with E-state index in [0.29, 0.717) is 22.3 Å². The summed E-state index contributed by atoms with van der Waals surface area (Å²) in [5.41, 5.74) is 7.17. The molecule has 0 saturated carbocycles. The van der Waals surface area contributed by atoms with Crippen LogP contribution in [0.2, 0.25) is 0 Å². The maximum atomic E-state index is 12.2. The molecule has 1 atom stereocenters. The third kappa shape index (κ3) is 3.96. The predicted molar refractivity (Wildman–Crippen MR) is 86.5 cm³/mol. The lowest BCUT2D eigenvalue weighted by molar-refractivity contribution is -0.119. The number of hydrogen-bond donors (Lipinski definition) is 2. The second-order valence-electron chi connectivity index (χ2n) is 5.09. The average Bonchev–Trinajstić information content (AvgIpc) is 2.61. The Bertz CT molecular complexity index is 845. The van der Waals surface area contributed by atoms with Crippen molar-refractivity contribution in [3.8, 4) is 12.1 Å². The molecule has 0 aliphatic heterocycles. The van der Waals surface area contributed by atoms with Crippen LogP contribution in [-0.2, 0) is 11.2 Å². The zero-order chi connectivity index (χ0) is 17.5. The molecule has 118 valence electrons. The van der Waals surface area contributed by atoms with Gasteiger partial charge in [-0.1, -0.05) is 18.2 Å². The van der Waals surface area contributed by atoms with Crippen LogP contribution in [0.1, 0.15) is 27.0 Å². The fourth-order valence-corrected chi connectivity index (χ4v) is 2.19. The first-order valence-electron chi connectivity index (χ1n) is 7.13. The number of rotatable bonds is 5. The minimum atomic E-state index is -0.942. The number of carbonyl (C=O) groups is 2. The van der Waals surface area contributed by atoms with E-state index in [4.69, 9.17) is 16.3 Å². The van der Waals surface area contributed by atoms with E-state index in [1.165, 1.54) is 24.3 Å². The van der Waals surface area contributed by atoms with Crippen LogP contribution in [0.15, 0.2) is 48.5 Å². The summed E-state index contributed by atoms with van der Waals surface area (Å²) in [6.07, 6.45) is 0.126. The van der Waals surface area contributed by atoms with Gasteiger partial charge in [0, 0.05) is 12.0 Å². The Morgan fingerprint density at radius 3 is 2.29 bits per heavy atom. The van der Waals surface area contributed by atoms with Gasteiger partial charge in [-0.3, -0.25) is 9.59 Å². The Labute approximate surface area is 139 Å². The van der Waals surface area contributed by atoms with Gasteiger partial charge in [0.15, 0.2) is 0 Å². The molecule has 3 N–H and O–H groups in total. The first kappa shape index (κ1) is 16.7. The molecule has 0 aliphatic rings. The van der Waals surface area contributed by atoms with E-state index in [0.717, 1.165) is 0 Å². The molecule has 6 heteroatoms. The van der Waals surface area contributed by atoms with Crippen LogP contribution in [0.5, 0.6) is 0 Å². The first-order valence-corrected chi connectivity index (χ1v) is 7.13. The second-order valence-corrected chi connectivity index (χ2v) is 5.09. The minimum absolute atomic E-state index is 0.126. The number of nitrogens with zero attached hydrogens (tertiary/aromatic N) is 2. The molecule has 6 nitrogen and oxygen atoms in total. The van der Waals surface area contributed by atoms with Crippen molar-refractivity contribution in [3.05, 3.63) is 70.8 Å². The van der Waals surface area contributed by atoms with Crippen molar-refractivity contribution in [1.29, 1.82) is 10.5 Å². The molecular weight excluding hydrogens is 304 g/mol. The normalized spacial score (nSPS) is 10.9. The van der Waals surface area contributed by atoms with E-state index in [9.17, 15) is 9.59 Å². The van der Waals surface area contributed by atoms with Crippen LogP contribution >= 0.6 is 0 Å². The predicted octanol–water partition coefficient (Wildman–Crippen LogP) is 1.26. The fourth-order valence-electron chi connectivity index (χ4n) is 2.19. The number of nitrogens with two attached hydrogens (primary N) is 1. The summed E-state index contributed by atoms with van der Waals surface area (Å²) >= 11 is 0. The highest BCUT2D eigenvalue weighted by Crippen LogP contribution is 2.11. The van der Waals surface area contributed by atoms with Crippen LogP contribution in [0, 0.1) is 22.7 Å². The van der Waals surface area contributed by atoms with Gasteiger partial charge < -0.3 is 11.1 Å². The Balaban J connectivity index is 2.16. The van der Waals surface area contributed by atoms with Gasteiger partial charge in [-0.05, 0) is 35.9 Å². The SMILES string of the molecule is N#Cc1ccc(C(=O)N[C@@H](Cc2ccccc2C#N)C(N)=O)cc1. The van der Waals surface area contributed by atoms with E-state index in [1.54, 1.807) is 24.3 Å². The van der Waals surface area contributed by atoms with Crippen molar-refractivity contribution in [3.63, 3.8) is 0 Å². The highest BCUT2D eigenvalue weighted by Gasteiger charge is 2.20.